The molecule has 0 bridgehead atoms. The molecule has 1 saturated heterocycles. The third kappa shape index (κ3) is 4.15. The lowest BCUT2D eigenvalue weighted by atomic mass is 9.96. The van der Waals surface area contributed by atoms with Gasteiger partial charge in [0, 0.05) is 22.0 Å². The van der Waals surface area contributed by atoms with Crippen molar-refractivity contribution in [1.29, 1.82) is 0 Å². The first-order chi connectivity index (χ1) is 11.7. The molecule has 4 nitrogen and oxygen atoms in total. The van der Waals surface area contributed by atoms with Crippen LogP contribution in [0.15, 0.2) is 30.3 Å². The highest BCUT2D eigenvalue weighted by Gasteiger charge is 2.25. The van der Waals surface area contributed by atoms with Crippen LogP contribution in [0.2, 0.25) is 0 Å². The van der Waals surface area contributed by atoms with Crippen LogP contribution in [0.3, 0.4) is 0 Å². The number of likely N-dealkylation sites (tertiary alicyclic amines) is 1. The van der Waals surface area contributed by atoms with Crippen molar-refractivity contribution in [3.63, 3.8) is 0 Å². The van der Waals surface area contributed by atoms with E-state index >= 15 is 0 Å². The lowest BCUT2D eigenvalue weighted by Gasteiger charge is -2.31. The summed E-state index contributed by atoms with van der Waals surface area (Å²) in [5.74, 6) is 0.180. The Labute approximate surface area is 147 Å². The monoisotopic (exact) mass is 346 g/mol. The van der Waals surface area contributed by atoms with Gasteiger partial charge in [0.05, 0.1) is 0 Å². The van der Waals surface area contributed by atoms with Crippen LogP contribution in [0.5, 0.6) is 0 Å². The second kappa shape index (κ2) is 8.10. The second-order valence-corrected chi connectivity index (χ2v) is 7.68. The maximum atomic E-state index is 12.3. The van der Waals surface area contributed by atoms with Crippen molar-refractivity contribution in [1.82, 2.24) is 10.2 Å². The zero-order chi connectivity index (χ0) is 16.9. The van der Waals surface area contributed by atoms with Crippen LogP contribution in [0.25, 0.3) is 10.1 Å². The van der Waals surface area contributed by atoms with E-state index in [2.05, 4.69) is 23.2 Å². The van der Waals surface area contributed by atoms with Crippen molar-refractivity contribution < 1.29 is 9.90 Å². The Hall–Kier alpha value is -1.43. The molecular formula is C19H26N2O2S. The van der Waals surface area contributed by atoms with E-state index < -0.39 is 6.10 Å². The number of aliphatic hydroxyl groups is 1. The Kier molecular flexibility index (Phi) is 5.87. The smallest absolute Gasteiger partial charge is 0.223 e. The maximum absolute atomic E-state index is 12.3. The summed E-state index contributed by atoms with van der Waals surface area (Å²) in [5, 5.41) is 14.5. The highest BCUT2D eigenvalue weighted by atomic mass is 32.1. The molecule has 1 unspecified atom stereocenters. The molecule has 2 heterocycles. The van der Waals surface area contributed by atoms with Gasteiger partial charge in [-0.05, 0) is 56.4 Å². The fraction of sp³-hybridized carbons (Fsp3) is 0.526. The third-order valence-corrected chi connectivity index (χ3v) is 5.96. The summed E-state index contributed by atoms with van der Waals surface area (Å²) in [7, 11) is 0. The molecule has 1 fully saturated rings. The van der Waals surface area contributed by atoms with E-state index in [1.165, 1.54) is 4.70 Å². The van der Waals surface area contributed by atoms with E-state index in [0.29, 0.717) is 6.54 Å². The van der Waals surface area contributed by atoms with Crippen LogP contribution in [-0.4, -0.2) is 42.1 Å². The number of rotatable bonds is 6. The highest BCUT2D eigenvalue weighted by molar-refractivity contribution is 7.19. The molecule has 5 heteroatoms. The molecule has 1 aliphatic rings. The van der Waals surface area contributed by atoms with Crippen molar-refractivity contribution in [3.8, 4) is 0 Å². The Morgan fingerprint density at radius 2 is 2.12 bits per heavy atom. The molecule has 2 N–H and O–H groups in total. The summed E-state index contributed by atoms with van der Waals surface area (Å²) in [6.45, 7) is 5.61. The molecule has 130 valence electrons. The SMILES string of the molecule is CCCN1CCC(C(=O)NCC(O)c2cc3ccccc3s2)CC1. The molecule has 0 spiro atoms. The molecular weight excluding hydrogens is 320 g/mol. The van der Waals surface area contributed by atoms with Crippen molar-refractivity contribution >= 4 is 27.3 Å². The number of nitrogens with one attached hydrogen (secondary N) is 1. The summed E-state index contributed by atoms with van der Waals surface area (Å²) < 4.78 is 1.17. The molecule has 2 aromatic rings. The summed E-state index contributed by atoms with van der Waals surface area (Å²) >= 11 is 1.59. The molecule has 3 rings (SSSR count). The predicted molar refractivity (Wildman–Crippen MR) is 99.2 cm³/mol. The molecule has 0 saturated carbocycles. The number of fused-ring (bicyclic) bond motifs is 1. The van der Waals surface area contributed by atoms with E-state index in [4.69, 9.17) is 0 Å². The fourth-order valence-electron chi connectivity index (χ4n) is 3.34. The Balaban J connectivity index is 1.49. The van der Waals surface area contributed by atoms with Gasteiger partial charge in [-0.25, -0.2) is 0 Å². The fourth-order valence-corrected chi connectivity index (χ4v) is 4.39. The van der Waals surface area contributed by atoms with Crippen LogP contribution in [0.4, 0.5) is 0 Å². The normalized spacial score (nSPS) is 17.9. The van der Waals surface area contributed by atoms with Gasteiger partial charge in [-0.1, -0.05) is 25.1 Å². The highest BCUT2D eigenvalue weighted by Crippen LogP contribution is 2.29. The van der Waals surface area contributed by atoms with Gasteiger partial charge in [-0.15, -0.1) is 11.3 Å². The van der Waals surface area contributed by atoms with Crippen LogP contribution >= 0.6 is 11.3 Å². The van der Waals surface area contributed by atoms with Gasteiger partial charge in [-0.2, -0.15) is 0 Å². The number of hydrogen-bond acceptors (Lipinski definition) is 4. The van der Waals surface area contributed by atoms with Gasteiger partial charge in [0.2, 0.25) is 5.91 Å². The number of aliphatic hydroxyl groups excluding tert-OH is 1. The molecule has 1 aliphatic heterocycles. The minimum atomic E-state index is -0.633. The van der Waals surface area contributed by atoms with Crippen molar-refractivity contribution in [3.05, 3.63) is 35.2 Å². The standard InChI is InChI=1S/C19H26N2O2S/c1-2-9-21-10-7-14(8-11-21)19(23)20-13-16(22)18-12-15-5-3-4-6-17(15)24-18/h3-6,12,14,16,22H,2,7-11,13H2,1H3,(H,20,23). The zero-order valence-electron chi connectivity index (χ0n) is 14.2. The van der Waals surface area contributed by atoms with Crippen LogP contribution in [0.1, 0.15) is 37.2 Å². The molecule has 0 aliphatic carbocycles. The van der Waals surface area contributed by atoms with Gasteiger partial charge < -0.3 is 15.3 Å². The minimum Gasteiger partial charge on any atom is -0.386 e. The van der Waals surface area contributed by atoms with E-state index in [1.54, 1.807) is 11.3 Å². The average molecular weight is 346 g/mol. The van der Waals surface area contributed by atoms with Crippen molar-refractivity contribution in [2.45, 2.75) is 32.3 Å². The summed E-state index contributed by atoms with van der Waals surface area (Å²) in [6.07, 6.45) is 2.37. The van der Waals surface area contributed by atoms with Crippen molar-refractivity contribution in [2.75, 3.05) is 26.2 Å². The second-order valence-electron chi connectivity index (χ2n) is 6.56. The van der Waals surface area contributed by atoms with E-state index in [-0.39, 0.29) is 11.8 Å². The van der Waals surface area contributed by atoms with Gasteiger partial charge in [0.25, 0.3) is 0 Å². The summed E-state index contributed by atoms with van der Waals surface area (Å²) in [4.78, 5) is 15.7. The lowest BCUT2D eigenvalue weighted by Crippen LogP contribution is -2.41. The average Bonchev–Trinajstić information content (AvgIpc) is 3.04. The zero-order valence-corrected chi connectivity index (χ0v) is 15.0. The largest absolute Gasteiger partial charge is 0.386 e. The Morgan fingerprint density at radius 3 is 2.83 bits per heavy atom. The Bertz CT molecular complexity index is 644. The Morgan fingerprint density at radius 1 is 1.38 bits per heavy atom. The van der Waals surface area contributed by atoms with E-state index in [0.717, 1.165) is 49.2 Å². The van der Waals surface area contributed by atoms with Gasteiger partial charge in [-0.3, -0.25) is 4.79 Å². The number of piperidine rings is 1. The van der Waals surface area contributed by atoms with E-state index in [9.17, 15) is 9.90 Å². The molecule has 24 heavy (non-hydrogen) atoms. The summed E-state index contributed by atoms with van der Waals surface area (Å²) in [6, 6.07) is 10.1. The third-order valence-electron chi connectivity index (χ3n) is 4.74. The molecule has 1 aromatic carbocycles. The minimum absolute atomic E-state index is 0.0892. The van der Waals surface area contributed by atoms with Crippen LogP contribution < -0.4 is 5.32 Å². The molecule has 1 aromatic heterocycles. The van der Waals surface area contributed by atoms with Crippen LogP contribution in [-0.2, 0) is 4.79 Å². The number of carbonyl (C=O) groups excluding carboxylic acids is 1. The van der Waals surface area contributed by atoms with Gasteiger partial charge in [0.1, 0.15) is 6.10 Å². The molecule has 1 amide bonds. The number of thiophene rings is 1. The number of benzene rings is 1. The van der Waals surface area contributed by atoms with Crippen LogP contribution in [0, 0.1) is 5.92 Å². The number of amides is 1. The maximum Gasteiger partial charge on any atom is 0.223 e. The van der Waals surface area contributed by atoms with Crippen molar-refractivity contribution in [2.24, 2.45) is 5.92 Å². The first-order valence-corrected chi connectivity index (χ1v) is 9.65. The quantitative estimate of drug-likeness (QED) is 0.845. The number of nitrogens with zero attached hydrogens (tertiary/aromatic N) is 1. The molecule has 0 radical (unpaired) electrons. The molecule has 1 atom stereocenters. The van der Waals surface area contributed by atoms with Gasteiger partial charge >= 0.3 is 0 Å². The lowest BCUT2D eigenvalue weighted by molar-refractivity contribution is -0.126. The first-order valence-electron chi connectivity index (χ1n) is 8.84. The first kappa shape index (κ1) is 17.4. The van der Waals surface area contributed by atoms with Gasteiger partial charge in [0.15, 0.2) is 0 Å². The van der Waals surface area contributed by atoms with E-state index in [1.807, 2.05) is 24.3 Å². The predicted octanol–water partition coefficient (Wildman–Crippen LogP) is 3.17. The topological polar surface area (TPSA) is 52.6 Å². The number of hydrogen-bond donors (Lipinski definition) is 2. The summed E-state index contributed by atoms with van der Waals surface area (Å²) in [5.41, 5.74) is 0. The number of carbonyl (C=O) groups is 1.